The van der Waals surface area contributed by atoms with Gasteiger partial charge in [0.15, 0.2) is 32.3 Å². The molecular weight excluding hydrogens is 550 g/mol. The lowest BCUT2D eigenvalue weighted by molar-refractivity contribution is -0.704. The molecule has 0 aromatic carbocycles. The van der Waals surface area contributed by atoms with Gasteiger partial charge in [-0.2, -0.15) is 48.5 Å². The van der Waals surface area contributed by atoms with Crippen LogP contribution in [0.15, 0.2) is 5.51 Å². The average molecular weight is 566 g/mol. The van der Waals surface area contributed by atoms with Crippen molar-refractivity contribution in [2.75, 3.05) is 7.11 Å². The zero-order chi connectivity index (χ0) is 26.8. The smallest absolute Gasteiger partial charge is 0.425 e. The van der Waals surface area contributed by atoms with Crippen molar-refractivity contribution in [3.63, 3.8) is 0 Å². The Morgan fingerprint density at radius 3 is 1.52 bits per heavy atom. The van der Waals surface area contributed by atoms with E-state index in [9.17, 15) is 60.7 Å². The highest BCUT2D eigenvalue weighted by atomic mass is 32.3. The summed E-state index contributed by atoms with van der Waals surface area (Å²) >= 11 is 1.79. The van der Waals surface area contributed by atoms with Gasteiger partial charge in [-0.15, -0.1) is 0 Å². The molecule has 0 saturated carbocycles. The molecule has 1 rings (SSSR count). The molecule has 1 atom stereocenters. The number of aromatic nitrogens is 1. The quantitative estimate of drug-likeness (QED) is 0.367. The lowest BCUT2D eigenvalue weighted by Gasteiger charge is -2.31. The summed E-state index contributed by atoms with van der Waals surface area (Å²) in [5, 5.41) is -14.0. The van der Waals surface area contributed by atoms with Gasteiger partial charge in [-0.25, -0.2) is 16.8 Å². The summed E-state index contributed by atoms with van der Waals surface area (Å²) < 4.78 is 169. The zero-order valence-electron chi connectivity index (χ0n) is 16.8. The monoisotopic (exact) mass is 566 g/mol. The minimum atomic E-state index is -7.62. The topological polar surface area (TPSA) is 95.5 Å². The van der Waals surface area contributed by atoms with Crippen LogP contribution in [0, 0.1) is 13.8 Å². The van der Waals surface area contributed by atoms with Crippen LogP contribution >= 0.6 is 11.3 Å². The van der Waals surface area contributed by atoms with Crippen LogP contribution in [0.4, 0.5) is 43.9 Å². The molecule has 0 amide bonds. The number of rotatable bonds is 7. The molecule has 0 aliphatic carbocycles. The Morgan fingerprint density at radius 2 is 1.27 bits per heavy atom. The van der Waals surface area contributed by atoms with E-state index in [1.807, 2.05) is 0 Å². The van der Waals surface area contributed by atoms with Crippen LogP contribution in [0.5, 0.6) is 0 Å². The van der Waals surface area contributed by atoms with E-state index in [2.05, 4.69) is 30.8 Å². The molecule has 0 saturated heterocycles. The predicted molar refractivity (Wildman–Crippen MR) is 93.7 cm³/mol. The number of thiazole rings is 1. The Hall–Kier alpha value is -1.25. The molecule has 7 nitrogen and oxygen atoms in total. The van der Waals surface area contributed by atoms with Gasteiger partial charge in [-0.3, -0.25) is 0 Å². The van der Waals surface area contributed by atoms with Gasteiger partial charge in [0.25, 0.3) is 0 Å². The van der Waals surface area contributed by atoms with Gasteiger partial charge in [-0.05, 0) is 13.8 Å². The van der Waals surface area contributed by atoms with Crippen LogP contribution in [0.3, 0.4) is 0 Å². The number of sulfonamides is 2. The van der Waals surface area contributed by atoms with Crippen LogP contribution in [-0.4, -0.2) is 52.9 Å². The Balaban J connectivity index is 0.000000716. The summed E-state index contributed by atoms with van der Waals surface area (Å²) in [5.74, 6) is 0. The summed E-state index contributed by atoms with van der Waals surface area (Å²) in [6.45, 7) is 7.33. The molecule has 0 aliphatic heterocycles. The summed E-state index contributed by atoms with van der Waals surface area (Å²) in [6, 6.07) is 0. The van der Waals surface area contributed by atoms with Crippen molar-refractivity contribution in [3.05, 3.63) is 20.2 Å². The molecule has 0 N–H and O–H groups in total. The van der Waals surface area contributed by atoms with Crippen LogP contribution in [-0.2, 0) is 31.3 Å². The van der Waals surface area contributed by atoms with E-state index >= 15 is 0 Å². The van der Waals surface area contributed by atoms with E-state index in [-0.39, 0.29) is 0 Å². The first-order valence-corrected chi connectivity index (χ1v) is 11.7. The lowest BCUT2D eigenvalue weighted by atomic mass is 10.3. The Bertz CT molecular complexity index is 963. The predicted octanol–water partition coefficient (Wildman–Crippen LogP) is 4.02. The molecule has 1 heterocycles. The molecule has 1 unspecified atom stereocenters. The normalized spacial score (nSPS) is 15.1. The lowest BCUT2D eigenvalue weighted by Crippen LogP contribution is -2.48. The van der Waals surface area contributed by atoms with Crippen molar-refractivity contribution < 1.29 is 70.0 Å². The second-order valence-electron chi connectivity index (χ2n) is 6.12. The van der Waals surface area contributed by atoms with Gasteiger partial charge in [0.2, 0.25) is 5.51 Å². The second kappa shape index (κ2) is 10.2. The van der Waals surface area contributed by atoms with E-state index in [4.69, 9.17) is 4.74 Å². The number of aryl methyl sites for hydroxylation is 1. The number of hydrogen-bond acceptors (Lipinski definition) is 6. The third-order valence-corrected chi connectivity index (χ3v) is 8.00. The number of halogens is 10. The number of alkyl halides is 10. The summed E-state index contributed by atoms with van der Waals surface area (Å²) in [6.07, 6.45) is -13.7. The SMILES string of the molecule is COC(C)C[n+]1csc(C)c1C.O=S(=O)([N-]S(=O)(=O)C(F)(F)C(F)(F)F)C(F)(F)C(F)(F)F. The van der Waals surface area contributed by atoms with E-state index < -0.39 is 42.9 Å². The minimum absolute atomic E-state index is 0.294. The third kappa shape index (κ3) is 7.12. The van der Waals surface area contributed by atoms with Crippen molar-refractivity contribution in [3.8, 4) is 0 Å². The van der Waals surface area contributed by atoms with Crippen molar-refractivity contribution in [2.45, 2.75) is 56.3 Å². The summed E-state index contributed by atoms with van der Waals surface area (Å²) in [7, 11) is -13.5. The van der Waals surface area contributed by atoms with Crippen LogP contribution < -0.4 is 4.57 Å². The number of hydrogen-bond donors (Lipinski definition) is 0. The van der Waals surface area contributed by atoms with E-state index in [0.717, 1.165) is 6.54 Å². The molecule has 33 heavy (non-hydrogen) atoms. The first kappa shape index (κ1) is 31.8. The molecule has 196 valence electrons. The molecule has 0 spiro atoms. The van der Waals surface area contributed by atoms with Crippen LogP contribution in [0.25, 0.3) is 4.13 Å². The van der Waals surface area contributed by atoms with Crippen molar-refractivity contribution in [1.29, 1.82) is 0 Å². The second-order valence-corrected chi connectivity index (χ2v) is 10.7. The average Bonchev–Trinajstić information content (AvgIpc) is 2.91. The van der Waals surface area contributed by atoms with E-state index in [1.165, 1.54) is 10.6 Å². The van der Waals surface area contributed by atoms with E-state index in [0.29, 0.717) is 10.2 Å². The highest BCUT2D eigenvalue weighted by molar-refractivity contribution is 8.13. The standard InChI is InChI=1S/C9H16NOS.C4F10NO4S2/c1-7(11-4)5-10-6-12-9(3)8(10)2;5-1(6,7)3(11,12)20(16,17)15-21(18,19)4(13,14)2(8,9)10/h6-7H,5H2,1-4H3;/q+1;-1. The first-order valence-electron chi connectivity index (χ1n) is 7.95. The molecule has 20 heteroatoms. The Kier molecular flexibility index (Phi) is 9.78. The van der Waals surface area contributed by atoms with Gasteiger partial charge in [0, 0.05) is 14.0 Å². The first-order chi connectivity index (χ1) is 14.4. The van der Waals surface area contributed by atoms with Crippen LogP contribution in [0.2, 0.25) is 0 Å². The van der Waals surface area contributed by atoms with Crippen LogP contribution in [0.1, 0.15) is 17.5 Å². The Morgan fingerprint density at radius 1 is 0.909 bits per heavy atom. The number of ether oxygens (including phenoxy) is 1. The van der Waals surface area contributed by atoms with Gasteiger partial charge < -0.3 is 8.86 Å². The molecule has 0 aliphatic rings. The minimum Gasteiger partial charge on any atom is -0.425 e. The fraction of sp³-hybridized carbons (Fsp3) is 0.769. The molecule has 0 bridgehead atoms. The van der Waals surface area contributed by atoms with Crippen molar-refractivity contribution in [2.24, 2.45) is 0 Å². The molecular formula is C13H16F10N2O5S3. The van der Waals surface area contributed by atoms with Gasteiger partial charge >= 0.3 is 22.9 Å². The van der Waals surface area contributed by atoms with E-state index in [1.54, 1.807) is 18.4 Å². The summed E-state index contributed by atoms with van der Waals surface area (Å²) in [5.41, 5.74) is 3.50. The van der Waals surface area contributed by atoms with Crippen molar-refractivity contribution >= 4 is 31.4 Å². The maximum Gasteiger partial charge on any atom is 0.467 e. The molecule has 1 aromatic rings. The highest BCUT2D eigenvalue weighted by Gasteiger charge is 2.68. The number of methoxy groups -OCH3 is 1. The van der Waals surface area contributed by atoms with Crippen molar-refractivity contribution in [1.82, 2.24) is 0 Å². The molecule has 1 aromatic heterocycles. The maximum absolute atomic E-state index is 12.3. The maximum atomic E-state index is 12.3. The number of nitrogens with zero attached hydrogens (tertiary/aromatic N) is 2. The molecule has 0 radical (unpaired) electrons. The van der Waals surface area contributed by atoms with Gasteiger partial charge in [0.1, 0.15) is 6.10 Å². The van der Waals surface area contributed by atoms with Gasteiger partial charge in [-0.1, -0.05) is 11.3 Å². The Labute approximate surface area is 185 Å². The largest absolute Gasteiger partial charge is 0.467 e. The zero-order valence-corrected chi connectivity index (χ0v) is 19.3. The summed E-state index contributed by atoms with van der Waals surface area (Å²) in [4.78, 5) is 1.39. The molecule has 0 fully saturated rings. The highest BCUT2D eigenvalue weighted by Crippen LogP contribution is 2.47. The van der Waals surface area contributed by atoms with Gasteiger partial charge in [0.05, 0.1) is 4.88 Å². The third-order valence-electron chi connectivity index (χ3n) is 3.66. The fourth-order valence-electron chi connectivity index (χ4n) is 1.56. The fourth-order valence-corrected chi connectivity index (χ4v) is 4.74.